The summed E-state index contributed by atoms with van der Waals surface area (Å²) >= 11 is 0. The van der Waals surface area contributed by atoms with Crippen molar-refractivity contribution >= 4 is 12.0 Å². The highest BCUT2D eigenvalue weighted by atomic mass is 16.5. The molecule has 0 fully saturated rings. The van der Waals surface area contributed by atoms with Crippen molar-refractivity contribution in [2.45, 2.75) is 12.8 Å². The Labute approximate surface area is 126 Å². The molecule has 0 aliphatic rings. The molecule has 2 aromatic carbocycles. The molecule has 2 atom stereocenters. The molecule has 108 valence electrons. The average molecular weight is 280 g/mol. The third kappa shape index (κ3) is 4.06. The normalized spacial score (nSPS) is 13.8. The van der Waals surface area contributed by atoms with E-state index in [9.17, 15) is 4.79 Å². The summed E-state index contributed by atoms with van der Waals surface area (Å²) in [5.74, 6) is -0.419. The number of carbonyl (C=O) groups excluding carboxylic acids is 1. The Morgan fingerprint density at radius 1 is 1.00 bits per heavy atom. The number of benzene rings is 2. The molecular weight excluding hydrogens is 260 g/mol. The second-order valence-corrected chi connectivity index (χ2v) is 5.02. The van der Waals surface area contributed by atoms with E-state index in [1.54, 1.807) is 0 Å². The van der Waals surface area contributed by atoms with E-state index in [0.717, 1.165) is 11.1 Å². The molecule has 2 aromatic rings. The molecule has 2 rings (SSSR count). The number of methoxy groups -OCH3 is 1. The van der Waals surface area contributed by atoms with Crippen molar-refractivity contribution in [3.05, 3.63) is 77.9 Å². The Balaban J connectivity index is 2.28. The van der Waals surface area contributed by atoms with Gasteiger partial charge in [0, 0.05) is 5.92 Å². The summed E-state index contributed by atoms with van der Waals surface area (Å²) in [5, 5.41) is 0. The van der Waals surface area contributed by atoms with Crippen LogP contribution in [0.25, 0.3) is 6.08 Å². The molecule has 0 saturated carbocycles. The van der Waals surface area contributed by atoms with E-state index < -0.39 is 0 Å². The van der Waals surface area contributed by atoms with E-state index in [4.69, 9.17) is 4.74 Å². The van der Waals surface area contributed by atoms with Gasteiger partial charge in [-0.25, -0.2) is 0 Å². The highest BCUT2D eigenvalue weighted by Gasteiger charge is 2.23. The minimum Gasteiger partial charge on any atom is -0.469 e. The summed E-state index contributed by atoms with van der Waals surface area (Å²) in [6.07, 6.45) is 4.13. The SMILES string of the molecule is COC(=O)C(C)[C@H](/C=C/c1ccccc1)c1ccccc1. The molecule has 2 heteroatoms. The fraction of sp³-hybridized carbons (Fsp3) is 0.211. The molecule has 21 heavy (non-hydrogen) atoms. The van der Waals surface area contributed by atoms with Crippen molar-refractivity contribution < 1.29 is 9.53 Å². The second kappa shape index (κ2) is 7.44. The van der Waals surface area contributed by atoms with Gasteiger partial charge in [0.1, 0.15) is 0 Å². The number of allylic oxidation sites excluding steroid dienone is 1. The molecule has 0 saturated heterocycles. The fourth-order valence-corrected chi connectivity index (χ4v) is 2.35. The van der Waals surface area contributed by atoms with Gasteiger partial charge in [0.05, 0.1) is 13.0 Å². The van der Waals surface area contributed by atoms with Gasteiger partial charge in [-0.3, -0.25) is 4.79 Å². The minimum atomic E-state index is -0.225. The van der Waals surface area contributed by atoms with Crippen LogP contribution in [0.15, 0.2) is 66.7 Å². The van der Waals surface area contributed by atoms with Crippen molar-refractivity contribution in [3.8, 4) is 0 Å². The first kappa shape index (κ1) is 15.0. The molecule has 0 aromatic heterocycles. The van der Waals surface area contributed by atoms with Crippen LogP contribution in [0.1, 0.15) is 24.0 Å². The molecule has 0 bridgehead atoms. The minimum absolute atomic E-state index is 0.00106. The maximum atomic E-state index is 11.9. The fourth-order valence-electron chi connectivity index (χ4n) is 2.35. The van der Waals surface area contributed by atoms with Crippen LogP contribution in [0.4, 0.5) is 0 Å². The molecule has 0 radical (unpaired) electrons. The van der Waals surface area contributed by atoms with Gasteiger partial charge in [-0.05, 0) is 11.1 Å². The average Bonchev–Trinajstić information content (AvgIpc) is 2.56. The number of esters is 1. The monoisotopic (exact) mass is 280 g/mol. The van der Waals surface area contributed by atoms with Crippen LogP contribution in [0.3, 0.4) is 0 Å². The van der Waals surface area contributed by atoms with Crippen LogP contribution in [0, 0.1) is 5.92 Å². The first-order valence-electron chi connectivity index (χ1n) is 7.08. The van der Waals surface area contributed by atoms with Gasteiger partial charge in [-0.2, -0.15) is 0 Å². The van der Waals surface area contributed by atoms with Crippen LogP contribution in [-0.4, -0.2) is 13.1 Å². The number of rotatable bonds is 5. The van der Waals surface area contributed by atoms with Crippen molar-refractivity contribution in [2.75, 3.05) is 7.11 Å². The first-order chi connectivity index (χ1) is 10.2. The Kier molecular flexibility index (Phi) is 5.33. The summed E-state index contributed by atoms with van der Waals surface area (Å²) in [7, 11) is 1.43. The van der Waals surface area contributed by atoms with Crippen molar-refractivity contribution in [1.82, 2.24) is 0 Å². The molecule has 0 aliphatic carbocycles. The van der Waals surface area contributed by atoms with Gasteiger partial charge in [0.2, 0.25) is 0 Å². The number of ether oxygens (including phenoxy) is 1. The Hall–Kier alpha value is -2.35. The van der Waals surface area contributed by atoms with Gasteiger partial charge < -0.3 is 4.74 Å². The van der Waals surface area contributed by atoms with Gasteiger partial charge in [-0.15, -0.1) is 0 Å². The van der Waals surface area contributed by atoms with Crippen molar-refractivity contribution in [3.63, 3.8) is 0 Å². The Morgan fingerprint density at radius 2 is 1.57 bits per heavy atom. The maximum absolute atomic E-state index is 11.9. The van der Waals surface area contributed by atoms with Gasteiger partial charge in [0.25, 0.3) is 0 Å². The predicted molar refractivity (Wildman–Crippen MR) is 85.8 cm³/mol. The van der Waals surface area contributed by atoms with Crippen molar-refractivity contribution in [1.29, 1.82) is 0 Å². The maximum Gasteiger partial charge on any atom is 0.309 e. The highest BCUT2D eigenvalue weighted by molar-refractivity contribution is 5.74. The topological polar surface area (TPSA) is 26.3 Å². The lowest BCUT2D eigenvalue weighted by molar-refractivity contribution is -0.145. The third-order valence-electron chi connectivity index (χ3n) is 3.59. The Morgan fingerprint density at radius 3 is 2.14 bits per heavy atom. The van der Waals surface area contributed by atoms with E-state index in [1.807, 2.05) is 67.6 Å². The number of carbonyl (C=O) groups is 1. The van der Waals surface area contributed by atoms with Gasteiger partial charge >= 0.3 is 5.97 Å². The zero-order valence-electron chi connectivity index (χ0n) is 12.4. The van der Waals surface area contributed by atoms with Crippen LogP contribution in [0.5, 0.6) is 0 Å². The highest BCUT2D eigenvalue weighted by Crippen LogP contribution is 2.27. The summed E-state index contributed by atoms with van der Waals surface area (Å²) in [4.78, 5) is 11.9. The van der Waals surface area contributed by atoms with Gasteiger partial charge in [0.15, 0.2) is 0 Å². The zero-order chi connectivity index (χ0) is 15.1. The second-order valence-electron chi connectivity index (χ2n) is 5.02. The first-order valence-corrected chi connectivity index (χ1v) is 7.08. The lowest BCUT2D eigenvalue weighted by Gasteiger charge is -2.19. The molecule has 0 spiro atoms. The largest absolute Gasteiger partial charge is 0.469 e. The van der Waals surface area contributed by atoms with E-state index >= 15 is 0 Å². The lowest BCUT2D eigenvalue weighted by Crippen LogP contribution is -2.19. The molecule has 0 aliphatic heterocycles. The summed E-state index contributed by atoms with van der Waals surface area (Å²) in [6, 6.07) is 20.1. The quantitative estimate of drug-likeness (QED) is 0.764. The lowest BCUT2D eigenvalue weighted by atomic mass is 9.86. The molecule has 2 nitrogen and oxygen atoms in total. The van der Waals surface area contributed by atoms with Crippen molar-refractivity contribution in [2.24, 2.45) is 5.92 Å². The van der Waals surface area contributed by atoms with Crippen LogP contribution in [0.2, 0.25) is 0 Å². The molecule has 0 N–H and O–H groups in total. The van der Waals surface area contributed by atoms with Crippen LogP contribution < -0.4 is 0 Å². The van der Waals surface area contributed by atoms with E-state index in [-0.39, 0.29) is 17.8 Å². The molecular formula is C19H20O2. The van der Waals surface area contributed by atoms with Gasteiger partial charge in [-0.1, -0.05) is 79.7 Å². The standard InChI is InChI=1S/C19H20O2/c1-15(19(20)21-2)18(17-11-7-4-8-12-17)14-13-16-9-5-3-6-10-16/h3-15,18H,1-2H3/b14-13+/t15?,18-/m0/s1. The van der Waals surface area contributed by atoms with E-state index in [0.29, 0.717) is 0 Å². The summed E-state index contributed by atoms with van der Waals surface area (Å²) < 4.78 is 4.89. The third-order valence-corrected chi connectivity index (χ3v) is 3.59. The molecule has 0 amide bonds. The molecule has 0 heterocycles. The summed E-state index contributed by atoms with van der Waals surface area (Å²) in [5.41, 5.74) is 2.23. The predicted octanol–water partition coefficient (Wildman–Crippen LogP) is 4.29. The Bertz CT molecular complexity index is 587. The number of hydrogen-bond acceptors (Lipinski definition) is 2. The van der Waals surface area contributed by atoms with E-state index in [2.05, 4.69) is 12.2 Å². The summed E-state index contributed by atoms with van der Waals surface area (Å²) in [6.45, 7) is 1.90. The van der Waals surface area contributed by atoms with Crippen LogP contribution >= 0.6 is 0 Å². The van der Waals surface area contributed by atoms with E-state index in [1.165, 1.54) is 7.11 Å². The molecule has 1 unspecified atom stereocenters. The zero-order valence-corrected chi connectivity index (χ0v) is 12.4. The number of hydrogen-bond donors (Lipinski definition) is 0. The van der Waals surface area contributed by atoms with Crippen LogP contribution in [-0.2, 0) is 9.53 Å². The smallest absolute Gasteiger partial charge is 0.309 e.